The summed E-state index contributed by atoms with van der Waals surface area (Å²) in [6.45, 7) is 1.28. The highest BCUT2D eigenvalue weighted by molar-refractivity contribution is 5.97. The number of rotatable bonds is 3. The van der Waals surface area contributed by atoms with E-state index in [-0.39, 0.29) is 0 Å². The Bertz CT molecular complexity index is 467. The van der Waals surface area contributed by atoms with Gasteiger partial charge in [0.15, 0.2) is 0 Å². The van der Waals surface area contributed by atoms with Crippen molar-refractivity contribution in [2.75, 3.05) is 7.11 Å². The van der Waals surface area contributed by atoms with Gasteiger partial charge in [-0.3, -0.25) is 4.79 Å². The Morgan fingerprint density at radius 2 is 1.72 bits per heavy atom. The van der Waals surface area contributed by atoms with Gasteiger partial charge in [0.2, 0.25) is 0 Å². The third-order valence-electron chi connectivity index (χ3n) is 2.14. The highest BCUT2D eigenvalue weighted by Crippen LogP contribution is 2.14. The number of benzene rings is 1. The molecule has 0 aliphatic rings. The Hall–Kier alpha value is -2.05. The molecule has 7 heteroatoms. The third-order valence-corrected chi connectivity index (χ3v) is 2.14. The van der Waals surface area contributed by atoms with Gasteiger partial charge in [-0.2, -0.15) is 0 Å². The predicted molar refractivity (Wildman–Crippen MR) is 55.3 cm³/mol. The van der Waals surface area contributed by atoms with E-state index in [4.69, 9.17) is 0 Å². The van der Waals surface area contributed by atoms with E-state index < -0.39 is 40.9 Å². The van der Waals surface area contributed by atoms with Crippen LogP contribution in [0.25, 0.3) is 0 Å². The molecule has 1 unspecified atom stereocenters. The largest absolute Gasteiger partial charge is 0.467 e. The molecular weight excluding hydrogens is 251 g/mol. The summed E-state index contributed by atoms with van der Waals surface area (Å²) >= 11 is 0. The molecular formula is C11H10F3NO3. The molecule has 4 nitrogen and oxygen atoms in total. The van der Waals surface area contributed by atoms with Crippen LogP contribution in [0.3, 0.4) is 0 Å². The maximum absolute atomic E-state index is 13.2. The van der Waals surface area contributed by atoms with Gasteiger partial charge in [-0.25, -0.2) is 18.0 Å². The molecule has 98 valence electrons. The van der Waals surface area contributed by atoms with E-state index >= 15 is 0 Å². The molecule has 0 aromatic heterocycles. The number of esters is 1. The fourth-order valence-electron chi connectivity index (χ4n) is 1.26. The minimum absolute atomic E-state index is 0.376. The molecule has 0 spiro atoms. The molecule has 0 aliphatic heterocycles. The number of hydrogen-bond donors (Lipinski definition) is 1. The molecule has 1 aromatic carbocycles. The summed E-state index contributed by atoms with van der Waals surface area (Å²) < 4.78 is 43.4. The lowest BCUT2D eigenvalue weighted by molar-refractivity contribution is -0.142. The van der Waals surface area contributed by atoms with Gasteiger partial charge in [0.25, 0.3) is 5.91 Å². The van der Waals surface area contributed by atoms with E-state index in [2.05, 4.69) is 4.74 Å². The Balaban J connectivity index is 2.95. The first-order chi connectivity index (χ1) is 8.36. The van der Waals surface area contributed by atoms with Crippen molar-refractivity contribution in [2.24, 2.45) is 0 Å². The smallest absolute Gasteiger partial charge is 0.328 e. The monoisotopic (exact) mass is 261 g/mol. The molecule has 0 fully saturated rings. The lowest BCUT2D eigenvalue weighted by atomic mass is 10.1. The second kappa shape index (κ2) is 5.52. The molecule has 0 saturated heterocycles. The molecule has 0 aliphatic carbocycles. The molecule has 1 atom stereocenters. The van der Waals surface area contributed by atoms with Gasteiger partial charge in [0.05, 0.1) is 7.11 Å². The van der Waals surface area contributed by atoms with Gasteiger partial charge >= 0.3 is 5.97 Å². The van der Waals surface area contributed by atoms with Gasteiger partial charge in [0, 0.05) is 12.1 Å². The summed E-state index contributed by atoms with van der Waals surface area (Å²) in [5.41, 5.74) is -0.952. The number of methoxy groups -OCH3 is 1. The van der Waals surface area contributed by atoms with Crippen molar-refractivity contribution < 1.29 is 27.5 Å². The van der Waals surface area contributed by atoms with E-state index in [0.29, 0.717) is 12.1 Å². The number of carbonyl (C=O) groups excluding carboxylic acids is 2. The second-order valence-electron chi connectivity index (χ2n) is 3.46. The molecule has 0 heterocycles. The standard InChI is InChI=1S/C11H10F3NO3/c1-5(11(17)18-2)15-10(16)9-7(13)3-6(12)4-8(9)14/h3-5H,1-2H3,(H,15,16). The first-order valence-electron chi connectivity index (χ1n) is 4.90. The summed E-state index contributed by atoms with van der Waals surface area (Å²) in [4.78, 5) is 22.5. The lowest BCUT2D eigenvalue weighted by Crippen LogP contribution is -2.39. The maximum atomic E-state index is 13.2. The van der Waals surface area contributed by atoms with E-state index in [1.165, 1.54) is 6.92 Å². The van der Waals surface area contributed by atoms with Crippen molar-refractivity contribution in [2.45, 2.75) is 13.0 Å². The van der Waals surface area contributed by atoms with Crippen LogP contribution in [-0.2, 0) is 9.53 Å². The number of carbonyl (C=O) groups is 2. The normalized spacial score (nSPS) is 11.8. The molecule has 18 heavy (non-hydrogen) atoms. The minimum Gasteiger partial charge on any atom is -0.467 e. The van der Waals surface area contributed by atoms with Crippen LogP contribution < -0.4 is 5.32 Å². The fraction of sp³-hybridized carbons (Fsp3) is 0.273. The average molecular weight is 261 g/mol. The third kappa shape index (κ3) is 2.99. The summed E-state index contributed by atoms with van der Waals surface area (Å²) in [7, 11) is 1.10. The zero-order valence-corrected chi connectivity index (χ0v) is 9.59. The van der Waals surface area contributed by atoms with Crippen LogP contribution >= 0.6 is 0 Å². The molecule has 1 amide bonds. The Labute approximate surface area is 101 Å². The van der Waals surface area contributed by atoms with Crippen LogP contribution in [0.1, 0.15) is 17.3 Å². The number of nitrogens with one attached hydrogen (secondary N) is 1. The van der Waals surface area contributed by atoms with Crippen molar-refractivity contribution in [1.82, 2.24) is 5.32 Å². The topological polar surface area (TPSA) is 55.4 Å². The van der Waals surface area contributed by atoms with E-state index in [1.54, 1.807) is 0 Å². The van der Waals surface area contributed by atoms with Crippen molar-refractivity contribution in [1.29, 1.82) is 0 Å². The van der Waals surface area contributed by atoms with Crippen LogP contribution in [-0.4, -0.2) is 25.0 Å². The van der Waals surface area contributed by atoms with Crippen LogP contribution in [0.2, 0.25) is 0 Å². The first kappa shape index (κ1) is 14.0. The quantitative estimate of drug-likeness (QED) is 0.837. The van der Waals surface area contributed by atoms with Crippen LogP contribution in [0.5, 0.6) is 0 Å². The lowest BCUT2D eigenvalue weighted by Gasteiger charge is -2.12. The first-order valence-corrected chi connectivity index (χ1v) is 4.90. The highest BCUT2D eigenvalue weighted by atomic mass is 19.1. The number of amides is 1. The van der Waals surface area contributed by atoms with Crippen LogP contribution in [0.4, 0.5) is 13.2 Å². The molecule has 1 N–H and O–H groups in total. The van der Waals surface area contributed by atoms with Gasteiger partial charge in [-0.15, -0.1) is 0 Å². The fourth-order valence-corrected chi connectivity index (χ4v) is 1.26. The van der Waals surface area contributed by atoms with Gasteiger partial charge in [-0.05, 0) is 6.92 Å². The molecule has 0 radical (unpaired) electrons. The molecule has 0 bridgehead atoms. The van der Waals surface area contributed by atoms with Crippen LogP contribution in [0.15, 0.2) is 12.1 Å². The van der Waals surface area contributed by atoms with E-state index in [9.17, 15) is 22.8 Å². The Morgan fingerprint density at radius 1 is 1.22 bits per heavy atom. The SMILES string of the molecule is COC(=O)C(C)NC(=O)c1c(F)cc(F)cc1F. The predicted octanol–water partition coefficient (Wildman–Crippen LogP) is 1.40. The van der Waals surface area contributed by atoms with Gasteiger partial charge in [-0.1, -0.05) is 0 Å². The number of hydrogen-bond acceptors (Lipinski definition) is 3. The summed E-state index contributed by atoms with van der Waals surface area (Å²) in [5, 5.41) is 2.03. The van der Waals surface area contributed by atoms with Crippen molar-refractivity contribution in [3.05, 3.63) is 35.1 Å². The second-order valence-corrected chi connectivity index (χ2v) is 3.46. The van der Waals surface area contributed by atoms with E-state index in [1.807, 2.05) is 5.32 Å². The van der Waals surface area contributed by atoms with Gasteiger partial charge < -0.3 is 10.1 Å². The molecule has 0 saturated carbocycles. The van der Waals surface area contributed by atoms with Gasteiger partial charge in [0.1, 0.15) is 29.1 Å². The Kier molecular flexibility index (Phi) is 4.30. The number of halogens is 3. The average Bonchev–Trinajstić information content (AvgIpc) is 2.26. The summed E-state index contributed by atoms with van der Waals surface area (Å²) in [6, 6.07) is -0.326. The summed E-state index contributed by atoms with van der Waals surface area (Å²) in [5.74, 6) is -5.76. The van der Waals surface area contributed by atoms with Crippen molar-refractivity contribution in [3.63, 3.8) is 0 Å². The van der Waals surface area contributed by atoms with E-state index in [0.717, 1.165) is 7.11 Å². The highest BCUT2D eigenvalue weighted by Gasteiger charge is 2.23. The maximum Gasteiger partial charge on any atom is 0.328 e. The van der Waals surface area contributed by atoms with Crippen molar-refractivity contribution in [3.8, 4) is 0 Å². The summed E-state index contributed by atoms with van der Waals surface area (Å²) in [6.07, 6.45) is 0. The zero-order valence-electron chi connectivity index (χ0n) is 9.59. The number of ether oxygens (including phenoxy) is 1. The molecule has 1 aromatic rings. The minimum atomic E-state index is -1.35. The zero-order chi connectivity index (χ0) is 13.9. The molecule has 1 rings (SSSR count). The Morgan fingerprint density at radius 3 is 2.17 bits per heavy atom. The van der Waals surface area contributed by atoms with Crippen molar-refractivity contribution >= 4 is 11.9 Å². The van der Waals surface area contributed by atoms with Crippen LogP contribution in [0, 0.1) is 17.5 Å².